The molecule has 0 saturated heterocycles. The molecule has 0 radical (unpaired) electrons. The standard InChI is InChI=1S/2NO3.H3O4P.Zn/c2*2-1(3)4;1-5(2,3)4;/h;;(H3,1,2,3,4);/q2*-1;;+2. The molecular weight excluding hydrogens is 284 g/mol. The fourth-order valence-corrected chi connectivity index (χ4v) is 0. The molecule has 0 aromatic rings. The van der Waals surface area contributed by atoms with Crippen LogP contribution in [0.5, 0.6) is 0 Å². The summed E-state index contributed by atoms with van der Waals surface area (Å²) in [6, 6.07) is 0. The van der Waals surface area contributed by atoms with Crippen LogP contribution in [0.2, 0.25) is 0 Å². The van der Waals surface area contributed by atoms with Crippen LogP contribution in [-0.2, 0) is 24.0 Å². The van der Waals surface area contributed by atoms with Crippen LogP contribution >= 0.6 is 7.82 Å². The molecule has 12 nitrogen and oxygen atoms in total. The molecule has 0 aromatic carbocycles. The second kappa shape index (κ2) is 12.1. The molecule has 0 spiro atoms. The van der Waals surface area contributed by atoms with Gasteiger partial charge in [0.2, 0.25) is 0 Å². The molecule has 0 aliphatic heterocycles. The summed E-state index contributed by atoms with van der Waals surface area (Å²) in [6.45, 7) is 0. The van der Waals surface area contributed by atoms with E-state index >= 15 is 0 Å². The molecule has 0 saturated carbocycles. The Balaban J connectivity index is -0.0000000522. The molecule has 0 amide bonds. The molecule has 0 aromatic heterocycles. The third-order valence-corrected chi connectivity index (χ3v) is 0. The van der Waals surface area contributed by atoms with Gasteiger partial charge in [-0.2, -0.15) is 0 Å². The molecule has 0 bridgehead atoms. The molecule has 0 rings (SSSR count). The van der Waals surface area contributed by atoms with Crippen LogP contribution in [0.4, 0.5) is 0 Å². The zero-order valence-electron chi connectivity index (χ0n) is 6.25. The summed E-state index contributed by atoms with van der Waals surface area (Å²) < 4.78 is 8.88. The van der Waals surface area contributed by atoms with E-state index in [1.165, 1.54) is 0 Å². The maximum absolute atomic E-state index is 8.88. The van der Waals surface area contributed by atoms with E-state index in [1.807, 2.05) is 0 Å². The summed E-state index contributed by atoms with van der Waals surface area (Å²) in [5.41, 5.74) is 0. The van der Waals surface area contributed by atoms with E-state index in [1.54, 1.807) is 0 Å². The molecular formula is H3N2O10PZn. The summed E-state index contributed by atoms with van der Waals surface area (Å²) in [6.07, 6.45) is 0. The Morgan fingerprint density at radius 3 is 0.857 bits per heavy atom. The second-order valence-corrected chi connectivity index (χ2v) is 1.99. The van der Waals surface area contributed by atoms with E-state index in [-0.39, 0.29) is 19.5 Å². The summed E-state index contributed by atoms with van der Waals surface area (Å²) in [5.74, 6) is 0. The van der Waals surface area contributed by atoms with Gasteiger partial charge in [-0.25, -0.2) is 4.57 Å². The summed E-state index contributed by atoms with van der Waals surface area (Å²) in [7, 11) is -4.64. The van der Waals surface area contributed by atoms with Crippen molar-refractivity contribution in [2.24, 2.45) is 0 Å². The van der Waals surface area contributed by atoms with Gasteiger partial charge < -0.3 is 45.3 Å². The molecule has 0 unspecified atom stereocenters. The number of hydrogen-bond acceptors (Lipinski definition) is 7. The van der Waals surface area contributed by atoms with Crippen molar-refractivity contribution in [3.63, 3.8) is 0 Å². The van der Waals surface area contributed by atoms with Gasteiger partial charge in [0.05, 0.1) is 10.2 Å². The van der Waals surface area contributed by atoms with Crippen molar-refractivity contribution in [3.8, 4) is 0 Å². The molecule has 0 aliphatic rings. The van der Waals surface area contributed by atoms with Crippen molar-refractivity contribution >= 4 is 7.82 Å². The zero-order valence-corrected chi connectivity index (χ0v) is 10.1. The van der Waals surface area contributed by atoms with Crippen LogP contribution in [0.15, 0.2) is 0 Å². The summed E-state index contributed by atoms with van der Waals surface area (Å²) in [5, 5.41) is 29.5. The van der Waals surface area contributed by atoms with Gasteiger partial charge in [0.1, 0.15) is 0 Å². The average Bonchev–Trinajstić information content (AvgIpc) is 1.50. The zero-order chi connectivity index (χ0) is 11.7. The molecule has 14 heavy (non-hydrogen) atoms. The van der Waals surface area contributed by atoms with E-state index in [0.29, 0.717) is 0 Å². The van der Waals surface area contributed by atoms with Gasteiger partial charge in [0, 0.05) is 0 Å². The van der Waals surface area contributed by atoms with Crippen LogP contribution in [0, 0.1) is 30.6 Å². The largest absolute Gasteiger partial charge is 2.00 e. The fraction of sp³-hybridized carbons (Fsp3) is 0. The van der Waals surface area contributed by atoms with Gasteiger partial charge in [0.15, 0.2) is 0 Å². The smallest absolute Gasteiger partial charge is 0.356 e. The minimum absolute atomic E-state index is 0. The van der Waals surface area contributed by atoms with Gasteiger partial charge in [-0.15, -0.1) is 0 Å². The summed E-state index contributed by atoms with van der Waals surface area (Å²) >= 11 is 0. The molecule has 0 aliphatic carbocycles. The predicted octanol–water partition coefficient (Wildman–Crippen LogP) is -1.41. The normalized spacial score (nSPS) is 7.64. The quantitative estimate of drug-likeness (QED) is 0.205. The first-order chi connectivity index (χ1) is 5.46. The average molecular weight is 287 g/mol. The predicted molar refractivity (Wildman–Crippen MR) is 35.0 cm³/mol. The van der Waals surface area contributed by atoms with E-state index in [2.05, 4.69) is 0 Å². The van der Waals surface area contributed by atoms with Crippen molar-refractivity contribution in [3.05, 3.63) is 30.6 Å². The van der Waals surface area contributed by atoms with Crippen LogP contribution in [-0.4, -0.2) is 24.9 Å². The maximum atomic E-state index is 8.88. The van der Waals surface area contributed by atoms with E-state index in [9.17, 15) is 0 Å². The fourth-order valence-electron chi connectivity index (χ4n) is 0. The van der Waals surface area contributed by atoms with Crippen molar-refractivity contribution < 1.29 is 48.9 Å². The van der Waals surface area contributed by atoms with Crippen molar-refractivity contribution in [2.75, 3.05) is 0 Å². The van der Waals surface area contributed by atoms with Gasteiger partial charge >= 0.3 is 27.3 Å². The third-order valence-electron chi connectivity index (χ3n) is 0. The van der Waals surface area contributed by atoms with Gasteiger partial charge in [0.25, 0.3) is 0 Å². The van der Waals surface area contributed by atoms with E-state index in [0.717, 1.165) is 0 Å². The van der Waals surface area contributed by atoms with Gasteiger partial charge in [-0.05, 0) is 0 Å². The van der Waals surface area contributed by atoms with E-state index < -0.39 is 18.0 Å². The molecule has 0 heterocycles. The molecule has 80 valence electrons. The van der Waals surface area contributed by atoms with Crippen LogP contribution in [0.1, 0.15) is 0 Å². The second-order valence-electron chi connectivity index (χ2n) is 0.960. The van der Waals surface area contributed by atoms with Crippen molar-refractivity contribution in [2.45, 2.75) is 0 Å². The maximum Gasteiger partial charge on any atom is 2.00 e. The minimum atomic E-state index is -4.64. The number of phosphoric acid groups is 1. The monoisotopic (exact) mass is 286 g/mol. The Bertz CT molecular complexity index is 166. The van der Waals surface area contributed by atoms with Crippen LogP contribution in [0.25, 0.3) is 0 Å². The Hall–Kier alpha value is -0.867. The number of nitrogens with zero attached hydrogens (tertiary/aromatic N) is 2. The van der Waals surface area contributed by atoms with Crippen LogP contribution in [0.3, 0.4) is 0 Å². The topological polar surface area (TPSA) is 210 Å². The first-order valence-electron chi connectivity index (χ1n) is 1.88. The van der Waals surface area contributed by atoms with E-state index in [4.69, 9.17) is 49.9 Å². The van der Waals surface area contributed by atoms with Crippen molar-refractivity contribution in [1.29, 1.82) is 0 Å². The number of rotatable bonds is 0. The number of hydrogen-bond donors (Lipinski definition) is 3. The Morgan fingerprint density at radius 1 is 0.857 bits per heavy atom. The molecule has 0 fully saturated rings. The Kier molecular flexibility index (Phi) is 20.1. The Labute approximate surface area is 88.0 Å². The Morgan fingerprint density at radius 2 is 0.857 bits per heavy atom. The van der Waals surface area contributed by atoms with Gasteiger partial charge in [-0.1, -0.05) is 0 Å². The molecule has 0 atom stereocenters. The third kappa shape index (κ3) is 1520. The van der Waals surface area contributed by atoms with Crippen molar-refractivity contribution in [1.82, 2.24) is 0 Å². The molecule has 3 N–H and O–H groups in total. The summed E-state index contributed by atoms with van der Waals surface area (Å²) in [4.78, 5) is 38.1. The SMILES string of the molecule is O=P(O)(O)O.O=[N+]([O-])[O-].O=[N+]([O-])[O-].[Zn+2]. The van der Waals surface area contributed by atoms with Crippen LogP contribution < -0.4 is 0 Å². The first-order valence-corrected chi connectivity index (χ1v) is 3.44. The molecule has 14 heteroatoms. The first kappa shape index (κ1) is 23.2. The minimum Gasteiger partial charge on any atom is -0.356 e. The van der Waals surface area contributed by atoms with Gasteiger partial charge in [-0.3, -0.25) is 0 Å².